The van der Waals surface area contributed by atoms with Gasteiger partial charge in [-0.25, -0.2) is 9.78 Å². The van der Waals surface area contributed by atoms with E-state index in [-0.39, 0.29) is 0 Å². The molecule has 3 rings (SSSR count). The molecule has 0 unspecified atom stereocenters. The normalized spacial score (nSPS) is 12.0. The number of rotatable bonds is 6. The minimum Gasteiger partial charge on any atom is -0.439 e. The van der Waals surface area contributed by atoms with Gasteiger partial charge in [-0.05, 0) is 41.3 Å². The lowest BCUT2D eigenvalue weighted by Crippen LogP contribution is -2.20. The van der Waals surface area contributed by atoms with E-state index in [2.05, 4.69) is 24.1 Å². The molecule has 0 aliphatic rings. The summed E-state index contributed by atoms with van der Waals surface area (Å²) in [4.78, 5) is 16.5. The van der Waals surface area contributed by atoms with Gasteiger partial charge in [-0.1, -0.05) is 49.7 Å². The summed E-state index contributed by atoms with van der Waals surface area (Å²) in [5.74, 6) is 0.440. The standard InChI is InChI=1S/C21H22ClN3O2/c1-15(2)16-5-9-19(10-6-16)24-21(26)27-20(13-25-12-11-23-14-25)17-3-7-18(22)8-4-17/h3-12,14-15,20H,13H2,1-2H3,(H,24,26)/t20-/m1/s1. The second-order valence-electron chi connectivity index (χ2n) is 6.61. The lowest BCUT2D eigenvalue weighted by molar-refractivity contribution is 0.0998. The van der Waals surface area contributed by atoms with Crippen LogP contribution in [0, 0.1) is 0 Å². The molecule has 1 aromatic heterocycles. The van der Waals surface area contributed by atoms with E-state index in [1.165, 1.54) is 5.56 Å². The first-order chi connectivity index (χ1) is 13.0. The van der Waals surface area contributed by atoms with Crippen LogP contribution < -0.4 is 5.32 Å². The summed E-state index contributed by atoms with van der Waals surface area (Å²) in [5, 5.41) is 3.42. The van der Waals surface area contributed by atoms with Gasteiger partial charge in [0.2, 0.25) is 0 Å². The SMILES string of the molecule is CC(C)c1ccc(NC(=O)O[C@H](Cn2ccnc2)c2ccc(Cl)cc2)cc1. The fourth-order valence-corrected chi connectivity index (χ4v) is 2.83. The number of benzene rings is 2. The highest BCUT2D eigenvalue weighted by molar-refractivity contribution is 6.30. The first kappa shape index (κ1) is 19.0. The summed E-state index contributed by atoms with van der Waals surface area (Å²) in [6.45, 7) is 4.72. The van der Waals surface area contributed by atoms with Crippen molar-refractivity contribution in [3.8, 4) is 0 Å². The topological polar surface area (TPSA) is 56.1 Å². The molecular formula is C21H22ClN3O2. The van der Waals surface area contributed by atoms with Gasteiger partial charge in [-0.15, -0.1) is 0 Å². The van der Waals surface area contributed by atoms with Crippen LogP contribution in [0.25, 0.3) is 0 Å². The summed E-state index contributed by atoms with van der Waals surface area (Å²) < 4.78 is 7.55. The number of nitrogens with zero attached hydrogens (tertiary/aromatic N) is 2. The molecular weight excluding hydrogens is 362 g/mol. The molecule has 1 atom stereocenters. The van der Waals surface area contributed by atoms with Gasteiger partial charge in [0.15, 0.2) is 0 Å². The van der Waals surface area contributed by atoms with E-state index < -0.39 is 12.2 Å². The van der Waals surface area contributed by atoms with E-state index in [0.29, 0.717) is 23.2 Å². The van der Waals surface area contributed by atoms with E-state index in [9.17, 15) is 4.79 Å². The van der Waals surface area contributed by atoms with Crippen LogP contribution in [0.1, 0.15) is 37.0 Å². The van der Waals surface area contributed by atoms with Gasteiger partial charge in [-0.3, -0.25) is 5.32 Å². The highest BCUT2D eigenvalue weighted by Crippen LogP contribution is 2.23. The molecule has 0 aliphatic carbocycles. The van der Waals surface area contributed by atoms with E-state index >= 15 is 0 Å². The third-order valence-corrected chi connectivity index (χ3v) is 4.50. The Hall–Kier alpha value is -2.79. The summed E-state index contributed by atoms with van der Waals surface area (Å²) in [5.41, 5.74) is 2.77. The first-order valence-electron chi connectivity index (χ1n) is 8.80. The molecule has 0 fully saturated rings. The third-order valence-electron chi connectivity index (χ3n) is 4.25. The predicted octanol–water partition coefficient (Wildman–Crippen LogP) is 5.65. The molecule has 0 saturated heterocycles. The average Bonchev–Trinajstić information content (AvgIpc) is 3.15. The molecule has 1 N–H and O–H groups in total. The Labute approximate surface area is 164 Å². The first-order valence-corrected chi connectivity index (χ1v) is 9.18. The number of hydrogen-bond acceptors (Lipinski definition) is 3. The van der Waals surface area contributed by atoms with Crippen LogP contribution >= 0.6 is 11.6 Å². The van der Waals surface area contributed by atoms with Crippen LogP contribution in [-0.2, 0) is 11.3 Å². The molecule has 27 heavy (non-hydrogen) atoms. The Bertz CT molecular complexity index is 859. The van der Waals surface area contributed by atoms with Crippen LogP contribution in [0.15, 0.2) is 67.3 Å². The Morgan fingerprint density at radius 3 is 2.37 bits per heavy atom. The number of nitrogens with one attached hydrogen (secondary N) is 1. The quantitative estimate of drug-likeness (QED) is 0.598. The molecule has 0 bridgehead atoms. The Balaban J connectivity index is 1.70. The maximum atomic E-state index is 12.4. The molecule has 5 nitrogen and oxygen atoms in total. The Kier molecular flexibility index (Phi) is 6.14. The highest BCUT2D eigenvalue weighted by atomic mass is 35.5. The zero-order chi connectivity index (χ0) is 19.2. The number of ether oxygens (including phenoxy) is 1. The zero-order valence-corrected chi connectivity index (χ0v) is 16.1. The van der Waals surface area contributed by atoms with Crippen molar-refractivity contribution in [2.45, 2.75) is 32.4 Å². The summed E-state index contributed by atoms with van der Waals surface area (Å²) in [6, 6.07) is 15.0. The molecule has 1 amide bonds. The molecule has 2 aromatic carbocycles. The predicted molar refractivity (Wildman–Crippen MR) is 107 cm³/mol. The van der Waals surface area contributed by atoms with Crippen molar-refractivity contribution in [2.24, 2.45) is 0 Å². The van der Waals surface area contributed by atoms with Crippen molar-refractivity contribution in [1.29, 1.82) is 0 Å². The maximum Gasteiger partial charge on any atom is 0.412 e. The van der Waals surface area contributed by atoms with E-state index in [4.69, 9.17) is 16.3 Å². The fraction of sp³-hybridized carbons (Fsp3) is 0.238. The highest BCUT2D eigenvalue weighted by Gasteiger charge is 2.18. The van der Waals surface area contributed by atoms with Crippen molar-refractivity contribution in [3.05, 3.63) is 83.4 Å². The Morgan fingerprint density at radius 2 is 1.78 bits per heavy atom. The minimum atomic E-state index is -0.507. The van der Waals surface area contributed by atoms with E-state index in [1.807, 2.05) is 47.2 Å². The lowest BCUT2D eigenvalue weighted by Gasteiger charge is -2.19. The lowest BCUT2D eigenvalue weighted by atomic mass is 10.0. The number of halogens is 1. The van der Waals surface area contributed by atoms with Gasteiger partial charge < -0.3 is 9.30 Å². The van der Waals surface area contributed by atoms with Crippen molar-refractivity contribution in [3.63, 3.8) is 0 Å². The molecule has 0 spiro atoms. The Morgan fingerprint density at radius 1 is 1.11 bits per heavy atom. The molecule has 0 radical (unpaired) electrons. The smallest absolute Gasteiger partial charge is 0.412 e. The van der Waals surface area contributed by atoms with E-state index in [1.54, 1.807) is 24.7 Å². The van der Waals surface area contributed by atoms with Gasteiger partial charge in [0.05, 0.1) is 12.9 Å². The van der Waals surface area contributed by atoms with E-state index in [0.717, 1.165) is 5.56 Å². The number of carbonyl (C=O) groups excluding carboxylic acids is 1. The van der Waals surface area contributed by atoms with Crippen molar-refractivity contribution in [2.75, 3.05) is 5.32 Å². The van der Waals surface area contributed by atoms with Crippen LogP contribution in [-0.4, -0.2) is 15.6 Å². The number of anilines is 1. The second-order valence-corrected chi connectivity index (χ2v) is 7.04. The largest absolute Gasteiger partial charge is 0.439 e. The summed E-state index contributed by atoms with van der Waals surface area (Å²) >= 11 is 5.97. The monoisotopic (exact) mass is 383 g/mol. The molecule has 6 heteroatoms. The summed E-state index contributed by atoms with van der Waals surface area (Å²) in [6.07, 6.45) is 4.23. The zero-order valence-electron chi connectivity index (χ0n) is 15.3. The van der Waals surface area contributed by atoms with Crippen LogP contribution in [0.3, 0.4) is 0 Å². The summed E-state index contributed by atoms with van der Waals surface area (Å²) in [7, 11) is 0. The van der Waals surface area contributed by atoms with Crippen molar-refractivity contribution >= 4 is 23.4 Å². The number of hydrogen-bond donors (Lipinski definition) is 1. The fourth-order valence-electron chi connectivity index (χ4n) is 2.70. The van der Waals surface area contributed by atoms with Crippen molar-refractivity contribution < 1.29 is 9.53 Å². The van der Waals surface area contributed by atoms with Gasteiger partial charge in [0.25, 0.3) is 0 Å². The van der Waals surface area contributed by atoms with Gasteiger partial charge in [0.1, 0.15) is 6.10 Å². The van der Waals surface area contributed by atoms with Gasteiger partial charge in [0, 0.05) is 23.1 Å². The number of imidazole rings is 1. The average molecular weight is 384 g/mol. The number of aromatic nitrogens is 2. The van der Waals surface area contributed by atoms with Crippen LogP contribution in [0.5, 0.6) is 0 Å². The third kappa shape index (κ3) is 5.34. The van der Waals surface area contributed by atoms with Crippen LogP contribution in [0.4, 0.5) is 10.5 Å². The number of carbonyl (C=O) groups is 1. The minimum absolute atomic E-state index is 0.440. The van der Waals surface area contributed by atoms with Crippen molar-refractivity contribution in [1.82, 2.24) is 9.55 Å². The molecule has 0 saturated carbocycles. The van der Waals surface area contributed by atoms with Gasteiger partial charge in [-0.2, -0.15) is 0 Å². The molecule has 3 aromatic rings. The molecule has 0 aliphatic heterocycles. The second kappa shape index (κ2) is 8.73. The van der Waals surface area contributed by atoms with Crippen LogP contribution in [0.2, 0.25) is 5.02 Å². The molecule has 1 heterocycles. The molecule has 140 valence electrons. The van der Waals surface area contributed by atoms with Gasteiger partial charge >= 0.3 is 6.09 Å². The number of amides is 1. The maximum absolute atomic E-state index is 12.4.